The molecule has 0 N–H and O–H groups in total. The number of unbranched alkanes of at least 4 members (excludes halogenated alkanes) is 1. The largest absolute Gasteiger partial charge is 0.358 e. The summed E-state index contributed by atoms with van der Waals surface area (Å²) in [6, 6.07) is 0. The maximum atomic E-state index is 6.40. The second-order valence-electron chi connectivity index (χ2n) is 1.22. The normalized spacial score (nSPS) is 5.55. The van der Waals surface area contributed by atoms with Crippen molar-refractivity contribution in [1.29, 1.82) is 0 Å². The molecule has 0 saturated carbocycles. The molecule has 0 spiro atoms. The molecule has 3 heteroatoms. The van der Waals surface area contributed by atoms with Gasteiger partial charge in [-0.1, -0.05) is 6.92 Å². The van der Waals surface area contributed by atoms with Gasteiger partial charge in [-0.05, 0) is 1.37 Å². The van der Waals surface area contributed by atoms with Gasteiger partial charge in [0.25, 0.3) is 0 Å². The minimum Gasteiger partial charge on any atom is -0.358 e. The average molecular weight is 383 g/mol. The van der Waals surface area contributed by atoms with Crippen LogP contribution in [0.4, 0.5) is 0 Å². The fourth-order valence-electron chi connectivity index (χ4n) is 0. The van der Waals surface area contributed by atoms with Crippen molar-refractivity contribution in [3.8, 4) is 0 Å². The van der Waals surface area contributed by atoms with Gasteiger partial charge in [0.05, 0.1) is 0 Å². The molecule has 0 aromatic carbocycles. The van der Waals surface area contributed by atoms with Gasteiger partial charge in [-0.2, -0.15) is 27.2 Å². The summed E-state index contributed by atoms with van der Waals surface area (Å²) >= 11 is 0. The second kappa shape index (κ2) is 50.6. The van der Waals surface area contributed by atoms with E-state index in [0.717, 1.165) is 0 Å². The third-order valence-corrected chi connectivity index (χ3v) is 0.408. The Labute approximate surface area is 151 Å². The Kier molecular flexibility index (Phi) is 135. The second-order valence-corrected chi connectivity index (χ2v) is 1.22. The molecular weight excluding hydrogens is 363 g/mol. The van der Waals surface area contributed by atoms with Crippen molar-refractivity contribution in [2.24, 2.45) is 0 Å². The number of hydrogen-bond acceptors (Lipinski definition) is 0. The van der Waals surface area contributed by atoms with Crippen LogP contribution in [0.25, 0.3) is 0 Å². The van der Waals surface area contributed by atoms with Crippen LogP contribution in [0.2, 0.25) is 0 Å². The van der Waals surface area contributed by atoms with Crippen molar-refractivity contribution in [2.45, 2.75) is 34.1 Å². The van der Waals surface area contributed by atoms with Crippen LogP contribution in [0, 0.1) is 20.3 Å². The van der Waals surface area contributed by atoms with E-state index in [1.54, 1.807) is 6.42 Å². The van der Waals surface area contributed by atoms with Crippen molar-refractivity contribution in [1.82, 2.24) is 0 Å². The van der Waals surface area contributed by atoms with Gasteiger partial charge in [-0.25, -0.2) is 0 Å². The minimum atomic E-state index is 0. The van der Waals surface area contributed by atoms with Crippen molar-refractivity contribution >= 4 is 0 Å². The Morgan fingerprint density at radius 1 is 1.18 bits per heavy atom. The van der Waals surface area contributed by atoms with Gasteiger partial charge in [0.1, 0.15) is 0 Å². The first-order chi connectivity index (χ1) is 3.83. The summed E-state index contributed by atoms with van der Waals surface area (Å²) in [6.07, 6.45) is 5.11. The molecular formula is C8H19Y3-3. The fourth-order valence-corrected chi connectivity index (χ4v) is 0. The molecule has 0 aliphatic rings. The molecule has 63 valence electrons. The molecule has 0 aliphatic heterocycles. The zero-order valence-corrected chi connectivity index (χ0v) is 16.8. The molecule has 0 nitrogen and oxygen atoms in total. The molecule has 3 radical (unpaired) electrons. The maximum absolute atomic E-state index is 6.40. The summed E-state index contributed by atoms with van der Waals surface area (Å²) < 4.78 is 6.40. The van der Waals surface area contributed by atoms with E-state index in [2.05, 4.69) is 20.3 Å². The maximum Gasteiger partial charge on any atom is 0 e. The molecule has 0 fully saturated rings. The van der Waals surface area contributed by atoms with Crippen LogP contribution in [-0.2, 0) is 98.1 Å². The molecule has 0 rings (SSSR count). The van der Waals surface area contributed by atoms with E-state index >= 15 is 0 Å². The zero-order valence-electron chi connectivity index (χ0n) is 9.30. The standard InChI is InChI=1S/C4H9.C3H7.CH3.3Y/c1-3-4-2;1-3-2;;;;/h3H,4H2,1-2H3;3H,1-2H3;1H3;;;/q3*-1;;;/i;1D;;;;. The quantitative estimate of drug-likeness (QED) is 0.610. The molecule has 0 amide bonds. The molecule has 0 atom stereocenters. The van der Waals surface area contributed by atoms with E-state index in [4.69, 9.17) is 1.37 Å². The van der Waals surface area contributed by atoms with Gasteiger partial charge in [0.15, 0.2) is 0 Å². The summed E-state index contributed by atoms with van der Waals surface area (Å²) in [7, 11) is 0. The fraction of sp³-hybridized carbons (Fsp3) is 0.625. The van der Waals surface area contributed by atoms with E-state index in [1.807, 2.05) is 6.92 Å². The summed E-state index contributed by atoms with van der Waals surface area (Å²) in [4.78, 5) is 0. The van der Waals surface area contributed by atoms with Crippen molar-refractivity contribution in [3.05, 3.63) is 20.3 Å². The Morgan fingerprint density at radius 2 is 1.36 bits per heavy atom. The van der Waals surface area contributed by atoms with Crippen LogP contribution in [0.3, 0.4) is 0 Å². The molecule has 0 aliphatic carbocycles. The summed E-state index contributed by atoms with van der Waals surface area (Å²) in [6.45, 7) is 6.49. The third-order valence-electron chi connectivity index (χ3n) is 0.408. The Morgan fingerprint density at radius 3 is 1.36 bits per heavy atom. The first-order valence-electron chi connectivity index (χ1n) is 3.39. The first-order valence-corrected chi connectivity index (χ1v) is 2.68. The van der Waals surface area contributed by atoms with Gasteiger partial charge < -0.3 is 20.3 Å². The van der Waals surface area contributed by atoms with Crippen molar-refractivity contribution < 1.29 is 99.5 Å². The van der Waals surface area contributed by atoms with Crippen LogP contribution in [-0.4, -0.2) is 0 Å². The third kappa shape index (κ3) is 91.6. The minimum absolute atomic E-state index is 0. The van der Waals surface area contributed by atoms with Gasteiger partial charge in [0, 0.05) is 98.1 Å². The monoisotopic (exact) mass is 383 g/mol. The summed E-state index contributed by atoms with van der Waals surface area (Å²) in [5.41, 5.74) is 0. The topological polar surface area (TPSA) is 0 Å². The van der Waals surface area contributed by atoms with Gasteiger partial charge in [-0.15, -0.1) is 0 Å². The zero-order chi connectivity index (χ0) is 6.83. The van der Waals surface area contributed by atoms with Gasteiger partial charge in [-0.3, -0.25) is 0 Å². The smallest absolute Gasteiger partial charge is 0 e. The van der Waals surface area contributed by atoms with E-state index in [-0.39, 0.29) is 106 Å². The molecule has 0 aromatic rings. The van der Waals surface area contributed by atoms with E-state index < -0.39 is 0 Å². The Hall–Kier alpha value is 3.31. The van der Waals surface area contributed by atoms with Crippen LogP contribution >= 0.6 is 0 Å². The number of rotatable bonds is 1. The van der Waals surface area contributed by atoms with E-state index in [9.17, 15) is 0 Å². The van der Waals surface area contributed by atoms with Crippen LogP contribution in [0.1, 0.15) is 35.5 Å². The average Bonchev–Trinajstić information content (AvgIpc) is 1.88. The molecule has 0 heterocycles. The summed E-state index contributed by atoms with van der Waals surface area (Å²) in [5.74, 6) is 0. The van der Waals surface area contributed by atoms with Crippen molar-refractivity contribution in [3.63, 3.8) is 0 Å². The Balaban J connectivity index is -0.0000000112. The molecule has 0 saturated heterocycles. The van der Waals surface area contributed by atoms with Crippen LogP contribution in [0.5, 0.6) is 0 Å². The first kappa shape index (κ1) is 29.2. The van der Waals surface area contributed by atoms with Crippen LogP contribution < -0.4 is 0 Å². The molecule has 11 heavy (non-hydrogen) atoms. The van der Waals surface area contributed by atoms with E-state index in [1.165, 1.54) is 6.42 Å². The van der Waals surface area contributed by atoms with E-state index in [0.29, 0.717) is 6.90 Å². The van der Waals surface area contributed by atoms with Crippen LogP contribution in [0.15, 0.2) is 0 Å². The molecule has 0 bridgehead atoms. The number of hydrogen-bond donors (Lipinski definition) is 0. The van der Waals surface area contributed by atoms with Crippen molar-refractivity contribution in [2.75, 3.05) is 0 Å². The SMILES string of the molecule is C[CH-]CC.[2H]C[CH-]C.[CH3-].[Y].[Y].[Y]. The molecule has 0 aromatic heterocycles. The van der Waals surface area contributed by atoms with Gasteiger partial charge in [0.2, 0.25) is 0 Å². The predicted octanol–water partition coefficient (Wildman–Crippen LogP) is 3.29. The summed E-state index contributed by atoms with van der Waals surface area (Å²) in [5, 5.41) is 0. The molecule has 0 unspecified atom stereocenters. The predicted molar refractivity (Wildman–Crippen MR) is 42.3 cm³/mol. The van der Waals surface area contributed by atoms with Gasteiger partial charge >= 0.3 is 0 Å². The Bertz CT molecular complexity index is 22.3.